The van der Waals surface area contributed by atoms with Crippen LogP contribution < -0.4 is 10.6 Å². The van der Waals surface area contributed by atoms with Crippen molar-refractivity contribution in [3.05, 3.63) is 29.8 Å². The summed E-state index contributed by atoms with van der Waals surface area (Å²) in [5, 5.41) is 9.47. The van der Waals surface area contributed by atoms with Gasteiger partial charge in [-0.15, -0.1) is 0 Å². The Bertz CT molecular complexity index is 607. The van der Waals surface area contributed by atoms with Crippen LogP contribution in [0.5, 0.6) is 0 Å². The molecule has 0 aliphatic heterocycles. The maximum atomic E-state index is 12.7. The number of nitrogens with zero attached hydrogens (tertiary/aromatic N) is 4. The number of aromatic nitrogens is 4. The average Bonchev–Trinajstić information content (AvgIpc) is 2.83. The molecule has 0 aliphatic carbocycles. The predicted octanol–water partition coefficient (Wildman–Crippen LogP) is 1.93. The fourth-order valence-corrected chi connectivity index (χ4v) is 1.73. The first-order valence-corrected chi connectivity index (χ1v) is 6.24. The molecule has 0 unspecified atom stereocenters. The van der Waals surface area contributed by atoms with Crippen molar-refractivity contribution in [2.75, 3.05) is 24.2 Å². The van der Waals surface area contributed by atoms with Gasteiger partial charge < -0.3 is 10.6 Å². The first-order chi connectivity index (χ1) is 9.88. The van der Waals surface area contributed by atoms with Gasteiger partial charge in [0.05, 0.1) is 6.20 Å². The van der Waals surface area contributed by atoms with Gasteiger partial charge in [0.2, 0.25) is 5.82 Å². The van der Waals surface area contributed by atoms with Crippen LogP contribution in [0.15, 0.2) is 18.5 Å². The first-order valence-electron chi connectivity index (χ1n) is 6.24. The highest BCUT2D eigenvalue weighted by Gasteiger charge is 2.35. The molecule has 0 fully saturated rings. The summed E-state index contributed by atoms with van der Waals surface area (Å²) in [6.07, 6.45) is -0.385. The van der Waals surface area contributed by atoms with Gasteiger partial charge in [-0.2, -0.15) is 18.3 Å². The van der Waals surface area contributed by atoms with E-state index in [1.165, 1.54) is 13.1 Å². The van der Waals surface area contributed by atoms with E-state index in [9.17, 15) is 13.2 Å². The Hall–Kier alpha value is -2.32. The molecule has 0 radical (unpaired) electrons. The molecule has 0 spiro atoms. The third kappa shape index (κ3) is 4.07. The van der Waals surface area contributed by atoms with E-state index in [1.54, 1.807) is 17.9 Å². The van der Waals surface area contributed by atoms with Crippen LogP contribution in [0.3, 0.4) is 0 Å². The molecule has 2 heterocycles. The van der Waals surface area contributed by atoms with Crippen molar-refractivity contribution in [1.82, 2.24) is 19.7 Å². The largest absolute Gasteiger partial charge is 0.451 e. The molecule has 2 N–H and O–H groups in total. The smallest absolute Gasteiger partial charge is 0.373 e. The molecule has 9 heteroatoms. The number of anilines is 2. The molecular weight excluding hydrogens is 285 g/mol. The van der Waals surface area contributed by atoms with Crippen LogP contribution in [-0.2, 0) is 19.6 Å². The van der Waals surface area contributed by atoms with E-state index in [2.05, 4.69) is 25.7 Å². The molecule has 21 heavy (non-hydrogen) atoms. The van der Waals surface area contributed by atoms with E-state index in [0.717, 1.165) is 5.56 Å². The lowest BCUT2D eigenvalue weighted by Crippen LogP contribution is -2.15. The van der Waals surface area contributed by atoms with Gasteiger partial charge in [0.15, 0.2) is 0 Å². The number of rotatable bonds is 5. The number of halogens is 3. The van der Waals surface area contributed by atoms with Gasteiger partial charge in [-0.25, -0.2) is 9.97 Å². The highest BCUT2D eigenvalue weighted by Crippen LogP contribution is 2.28. The minimum atomic E-state index is -4.58. The molecule has 2 rings (SSSR count). The van der Waals surface area contributed by atoms with Crippen molar-refractivity contribution in [3.63, 3.8) is 0 Å². The third-order valence-corrected chi connectivity index (χ3v) is 2.71. The minimum Gasteiger partial charge on any atom is -0.373 e. The van der Waals surface area contributed by atoms with Gasteiger partial charge in [0, 0.05) is 32.9 Å². The van der Waals surface area contributed by atoms with E-state index < -0.39 is 12.0 Å². The zero-order valence-corrected chi connectivity index (χ0v) is 11.6. The summed E-state index contributed by atoms with van der Waals surface area (Å²) in [5.41, 5.74) is 0.990. The third-order valence-electron chi connectivity index (χ3n) is 2.71. The summed E-state index contributed by atoms with van der Waals surface area (Å²) in [5.74, 6) is -0.926. The molecule has 0 atom stereocenters. The molecule has 0 amide bonds. The van der Waals surface area contributed by atoms with Crippen molar-refractivity contribution in [2.45, 2.75) is 12.6 Å². The fourth-order valence-electron chi connectivity index (χ4n) is 1.73. The summed E-state index contributed by atoms with van der Waals surface area (Å²) in [6.45, 7) is 0.448. The lowest BCUT2D eigenvalue weighted by atomic mass is 10.2. The normalized spacial score (nSPS) is 11.5. The van der Waals surface area contributed by atoms with Crippen LogP contribution in [0.1, 0.15) is 11.4 Å². The van der Waals surface area contributed by atoms with E-state index >= 15 is 0 Å². The minimum absolute atomic E-state index is 0.112. The Labute approximate surface area is 119 Å². The van der Waals surface area contributed by atoms with Crippen molar-refractivity contribution in [2.24, 2.45) is 7.05 Å². The highest BCUT2D eigenvalue weighted by atomic mass is 19.4. The van der Waals surface area contributed by atoms with Gasteiger partial charge in [-0.1, -0.05) is 0 Å². The molecule has 2 aromatic heterocycles. The van der Waals surface area contributed by atoms with Crippen molar-refractivity contribution in [3.8, 4) is 0 Å². The average molecular weight is 300 g/mol. The second-order valence-electron chi connectivity index (χ2n) is 4.41. The maximum absolute atomic E-state index is 12.7. The second-order valence-corrected chi connectivity index (χ2v) is 4.41. The Kier molecular flexibility index (Phi) is 4.29. The van der Waals surface area contributed by atoms with Gasteiger partial charge in [0.1, 0.15) is 11.6 Å². The zero-order valence-electron chi connectivity index (χ0n) is 11.6. The lowest BCUT2D eigenvalue weighted by Gasteiger charge is -2.11. The molecule has 114 valence electrons. The van der Waals surface area contributed by atoms with Crippen LogP contribution in [-0.4, -0.2) is 33.3 Å². The summed E-state index contributed by atoms with van der Waals surface area (Å²) in [7, 11) is 3.30. The van der Waals surface area contributed by atoms with E-state index in [-0.39, 0.29) is 11.6 Å². The number of alkyl halides is 3. The number of nitrogens with one attached hydrogen (secondary N) is 2. The summed E-state index contributed by atoms with van der Waals surface area (Å²) < 4.78 is 39.7. The van der Waals surface area contributed by atoms with E-state index in [4.69, 9.17) is 0 Å². The van der Waals surface area contributed by atoms with Crippen LogP contribution in [0.25, 0.3) is 0 Å². The van der Waals surface area contributed by atoms with Gasteiger partial charge in [0.25, 0.3) is 0 Å². The molecule has 0 bridgehead atoms. The van der Waals surface area contributed by atoms with Gasteiger partial charge >= 0.3 is 6.18 Å². The topological polar surface area (TPSA) is 67.7 Å². The number of hydrogen-bond acceptors (Lipinski definition) is 5. The maximum Gasteiger partial charge on any atom is 0.451 e. The van der Waals surface area contributed by atoms with Gasteiger partial charge in [-0.3, -0.25) is 4.68 Å². The van der Waals surface area contributed by atoms with Crippen molar-refractivity contribution < 1.29 is 13.2 Å². The van der Waals surface area contributed by atoms with Crippen molar-refractivity contribution >= 4 is 11.6 Å². The second kappa shape index (κ2) is 5.98. The van der Waals surface area contributed by atoms with Crippen molar-refractivity contribution in [1.29, 1.82) is 0 Å². The Morgan fingerprint density at radius 1 is 1.24 bits per heavy atom. The van der Waals surface area contributed by atoms with Gasteiger partial charge in [-0.05, 0) is 12.0 Å². The highest BCUT2D eigenvalue weighted by molar-refractivity contribution is 5.47. The lowest BCUT2D eigenvalue weighted by molar-refractivity contribution is -0.144. The molecule has 0 aliphatic rings. The molecular formula is C12H15F3N6. The summed E-state index contributed by atoms with van der Waals surface area (Å²) >= 11 is 0. The van der Waals surface area contributed by atoms with Crippen LogP contribution in [0.2, 0.25) is 0 Å². The van der Waals surface area contributed by atoms with Crippen LogP contribution in [0, 0.1) is 0 Å². The fraction of sp³-hybridized carbons (Fsp3) is 0.417. The number of aryl methyl sites for hydroxylation is 1. The Morgan fingerprint density at radius 3 is 2.52 bits per heavy atom. The van der Waals surface area contributed by atoms with E-state index in [0.29, 0.717) is 13.0 Å². The first kappa shape index (κ1) is 15.1. The molecule has 0 saturated heterocycles. The Balaban J connectivity index is 2.05. The quantitative estimate of drug-likeness (QED) is 0.883. The molecule has 2 aromatic rings. The molecule has 6 nitrogen and oxygen atoms in total. The zero-order chi connectivity index (χ0) is 15.5. The SMILES string of the molecule is CNc1cc(NCCc2cnn(C)c2)nc(C(F)(F)F)n1. The van der Waals surface area contributed by atoms with Crippen LogP contribution in [0.4, 0.5) is 24.8 Å². The standard InChI is InChI=1S/C12H15F3N6/c1-16-9-5-10(20-11(19-9)12(13,14)15)17-4-3-8-6-18-21(2)7-8/h5-7H,3-4H2,1-2H3,(H2,16,17,19,20). The van der Waals surface area contributed by atoms with E-state index in [1.807, 2.05) is 6.20 Å². The Morgan fingerprint density at radius 2 is 1.95 bits per heavy atom. The molecule has 0 aromatic carbocycles. The number of hydrogen-bond donors (Lipinski definition) is 2. The van der Waals surface area contributed by atoms with Crippen LogP contribution >= 0.6 is 0 Å². The molecule has 0 saturated carbocycles. The predicted molar refractivity (Wildman–Crippen MR) is 72.0 cm³/mol. The summed E-state index contributed by atoms with van der Waals surface area (Å²) in [4.78, 5) is 6.87. The monoisotopic (exact) mass is 300 g/mol. The summed E-state index contributed by atoms with van der Waals surface area (Å²) in [6, 6.07) is 1.43.